The molecule has 8 nitrogen and oxygen atoms in total. The van der Waals surface area contributed by atoms with E-state index in [2.05, 4.69) is 0 Å². The largest absolute Gasteiger partial charge is 0.477 e. The van der Waals surface area contributed by atoms with Gasteiger partial charge in [-0.15, -0.1) is 0 Å². The van der Waals surface area contributed by atoms with Crippen molar-refractivity contribution in [2.24, 2.45) is 11.1 Å². The third-order valence-electron chi connectivity index (χ3n) is 6.75. The number of nitrogens with zero attached hydrogens (tertiary/aromatic N) is 2. The maximum Gasteiger partial charge on any atom is 0.341 e. The fourth-order valence-corrected chi connectivity index (χ4v) is 4.80. The second-order valence-electron chi connectivity index (χ2n) is 8.59. The number of carboxylic acid groups (broad SMARTS) is 1. The number of hydrogen-bond donors (Lipinski definition) is 3. The normalized spacial score (nSPS) is 22.2. The van der Waals surface area contributed by atoms with Crippen LogP contribution >= 0.6 is 0 Å². The molecule has 29 heavy (non-hydrogen) atoms. The first kappa shape index (κ1) is 19.7. The van der Waals surface area contributed by atoms with Gasteiger partial charge in [0, 0.05) is 36.8 Å². The summed E-state index contributed by atoms with van der Waals surface area (Å²) in [5, 5.41) is 9.40. The van der Waals surface area contributed by atoms with Crippen molar-refractivity contribution >= 4 is 28.2 Å². The average Bonchev–Trinajstić information content (AvgIpc) is 3.53. The van der Waals surface area contributed by atoms with Crippen LogP contribution in [0.2, 0.25) is 0 Å². The van der Waals surface area contributed by atoms with Gasteiger partial charge in [-0.1, -0.05) is 0 Å². The van der Waals surface area contributed by atoms with Crippen molar-refractivity contribution in [1.82, 2.24) is 4.57 Å². The molecule has 1 saturated heterocycles. The van der Waals surface area contributed by atoms with Crippen molar-refractivity contribution in [2.45, 2.75) is 44.7 Å². The Kier molecular flexibility index (Phi) is 4.18. The van der Waals surface area contributed by atoms with Gasteiger partial charge >= 0.3 is 5.97 Å². The van der Waals surface area contributed by atoms with Gasteiger partial charge in [0.15, 0.2) is 5.82 Å². The van der Waals surface area contributed by atoms with Crippen molar-refractivity contribution in [3.8, 4) is 0 Å². The van der Waals surface area contributed by atoms with E-state index < -0.39 is 17.2 Å². The maximum absolute atomic E-state index is 15.4. The van der Waals surface area contributed by atoms with Crippen molar-refractivity contribution in [3.05, 3.63) is 33.4 Å². The lowest BCUT2D eigenvalue weighted by atomic mass is 10.0. The number of fused-ring (bicyclic) bond motifs is 1. The van der Waals surface area contributed by atoms with Crippen molar-refractivity contribution in [1.29, 1.82) is 0 Å². The summed E-state index contributed by atoms with van der Waals surface area (Å²) in [6.45, 7) is 3.00. The average molecular weight is 404 g/mol. The summed E-state index contributed by atoms with van der Waals surface area (Å²) in [6.07, 6.45) is 5.25. The van der Waals surface area contributed by atoms with Crippen LogP contribution in [0.3, 0.4) is 0 Å². The molecule has 156 valence electrons. The molecule has 2 heterocycles. The van der Waals surface area contributed by atoms with Crippen LogP contribution in [0, 0.1) is 18.2 Å². The lowest BCUT2D eigenvalue weighted by Gasteiger charge is -2.25. The number of aromatic nitrogens is 1. The van der Waals surface area contributed by atoms with E-state index in [4.69, 9.17) is 11.5 Å². The van der Waals surface area contributed by atoms with Crippen LogP contribution in [-0.2, 0) is 0 Å². The Morgan fingerprint density at radius 2 is 2.00 bits per heavy atom. The second-order valence-corrected chi connectivity index (χ2v) is 8.59. The van der Waals surface area contributed by atoms with Crippen molar-refractivity contribution in [2.75, 3.05) is 23.7 Å². The van der Waals surface area contributed by atoms with Crippen LogP contribution in [0.5, 0.6) is 0 Å². The Labute approximate surface area is 166 Å². The molecule has 3 fully saturated rings. The van der Waals surface area contributed by atoms with Gasteiger partial charge in [0.05, 0.1) is 22.3 Å². The first-order valence-electron chi connectivity index (χ1n) is 9.65. The molecule has 0 unspecified atom stereocenters. The predicted octanol–water partition coefficient (Wildman–Crippen LogP) is 1.17. The fraction of sp³-hybridized carbons (Fsp3) is 0.500. The van der Waals surface area contributed by atoms with E-state index in [1.165, 1.54) is 6.20 Å². The Bertz CT molecular complexity index is 1100. The van der Waals surface area contributed by atoms with Gasteiger partial charge < -0.3 is 31.5 Å². The van der Waals surface area contributed by atoms with Gasteiger partial charge in [0.25, 0.3) is 0 Å². The van der Waals surface area contributed by atoms with Crippen LogP contribution < -0.4 is 21.8 Å². The number of aromatic carboxylic acids is 1. The molecule has 0 bridgehead atoms. The summed E-state index contributed by atoms with van der Waals surface area (Å²) in [7, 11) is 0. The van der Waals surface area contributed by atoms with E-state index in [-0.39, 0.29) is 39.6 Å². The lowest BCUT2D eigenvalue weighted by molar-refractivity contribution is 0.0695. The van der Waals surface area contributed by atoms with E-state index in [0.29, 0.717) is 29.9 Å². The zero-order valence-corrected chi connectivity index (χ0v) is 16.2. The first-order valence-corrected chi connectivity index (χ1v) is 9.65. The highest BCUT2D eigenvalue weighted by atomic mass is 19.1. The minimum atomic E-state index is -1.33. The first-order chi connectivity index (χ1) is 13.2. The molecule has 5 rings (SSSR count). The van der Waals surface area contributed by atoms with Gasteiger partial charge in [-0.25, -0.2) is 9.18 Å². The third-order valence-corrected chi connectivity index (χ3v) is 6.75. The minimum absolute atomic E-state index is 0. The summed E-state index contributed by atoms with van der Waals surface area (Å²) in [5.41, 5.74) is 12.6. The highest BCUT2D eigenvalue weighted by Gasteiger charge is 2.54. The number of hydrogen-bond acceptors (Lipinski definition) is 5. The molecule has 7 N–H and O–H groups in total. The minimum Gasteiger partial charge on any atom is -0.477 e. The number of carbonyl (C=O) groups is 1. The summed E-state index contributed by atoms with van der Waals surface area (Å²) in [4.78, 5) is 26.3. The number of pyridine rings is 1. The van der Waals surface area contributed by atoms with Crippen molar-refractivity contribution < 1.29 is 19.8 Å². The van der Waals surface area contributed by atoms with E-state index in [0.717, 1.165) is 25.7 Å². The van der Waals surface area contributed by atoms with Gasteiger partial charge in [-0.2, -0.15) is 0 Å². The SMILES string of the molecule is Cc1c(N2C[C@@H](N)C3(CC3)C2)c(F)c(N)c2c(=O)c(C(=O)O)cn(C3CC3)c12.O. The molecule has 1 aromatic heterocycles. The Balaban J connectivity index is 0.00000205. The number of halogens is 1. The Morgan fingerprint density at radius 3 is 2.52 bits per heavy atom. The van der Waals surface area contributed by atoms with E-state index in [1.54, 1.807) is 11.5 Å². The van der Waals surface area contributed by atoms with E-state index >= 15 is 4.39 Å². The van der Waals surface area contributed by atoms with Gasteiger partial charge in [0.2, 0.25) is 5.43 Å². The lowest BCUT2D eigenvalue weighted by Crippen LogP contribution is -2.31. The number of anilines is 2. The van der Waals surface area contributed by atoms with Crippen LogP contribution in [0.15, 0.2) is 11.0 Å². The predicted molar refractivity (Wildman–Crippen MR) is 108 cm³/mol. The molecule has 1 aromatic carbocycles. The number of nitrogen functional groups attached to an aromatic ring is 1. The molecule has 3 aliphatic rings. The summed E-state index contributed by atoms with van der Waals surface area (Å²) in [6, 6.07) is 0.0939. The molecule has 0 amide bonds. The maximum atomic E-state index is 15.4. The molecule has 0 radical (unpaired) electrons. The summed E-state index contributed by atoms with van der Waals surface area (Å²) < 4.78 is 17.2. The van der Waals surface area contributed by atoms with E-state index in [1.807, 2.05) is 4.90 Å². The zero-order chi connectivity index (χ0) is 20.0. The molecule has 2 saturated carbocycles. The van der Waals surface area contributed by atoms with Crippen LogP contribution in [0.1, 0.15) is 47.6 Å². The topological polar surface area (TPSA) is 146 Å². The summed E-state index contributed by atoms with van der Waals surface area (Å²) in [5.74, 6) is -1.99. The molecule has 2 aliphatic carbocycles. The van der Waals surface area contributed by atoms with Crippen LogP contribution in [0.4, 0.5) is 15.8 Å². The van der Waals surface area contributed by atoms with Crippen molar-refractivity contribution in [3.63, 3.8) is 0 Å². The molecular weight excluding hydrogens is 379 g/mol. The van der Waals surface area contributed by atoms with Gasteiger partial charge in [0.1, 0.15) is 5.56 Å². The molecule has 9 heteroatoms. The zero-order valence-electron chi connectivity index (χ0n) is 16.2. The highest BCUT2D eigenvalue weighted by molar-refractivity contribution is 6.01. The molecule has 2 aromatic rings. The van der Waals surface area contributed by atoms with Gasteiger partial charge in [-0.05, 0) is 38.2 Å². The Morgan fingerprint density at radius 1 is 1.34 bits per heavy atom. The number of aryl methyl sites for hydroxylation is 1. The quantitative estimate of drug-likeness (QED) is 0.655. The highest BCUT2D eigenvalue weighted by Crippen LogP contribution is 2.54. The number of benzene rings is 1. The van der Waals surface area contributed by atoms with Crippen LogP contribution in [-0.4, -0.2) is 40.3 Å². The number of carboxylic acids is 1. The summed E-state index contributed by atoms with van der Waals surface area (Å²) >= 11 is 0. The van der Waals surface area contributed by atoms with Crippen LogP contribution in [0.25, 0.3) is 10.9 Å². The standard InChI is InChI=1S/C20H23FN4O3.H2O/c1-9-16-13(18(26)11(19(27)28)6-25(16)10-2-3-10)15(23)14(21)17(9)24-7-12(22)20(8-24)4-5-20;/h6,10,12H,2-5,7-8,22-23H2,1H3,(H,27,28);1H2/t12-;/m1./s1. The third kappa shape index (κ3) is 2.64. The number of rotatable bonds is 3. The molecule has 1 spiro atoms. The molecule has 1 aliphatic heterocycles. The van der Waals surface area contributed by atoms with Gasteiger partial charge in [-0.3, -0.25) is 4.79 Å². The smallest absolute Gasteiger partial charge is 0.341 e. The monoisotopic (exact) mass is 404 g/mol. The second kappa shape index (κ2) is 6.17. The fourth-order valence-electron chi connectivity index (χ4n) is 4.80. The molecule has 1 atom stereocenters. The number of nitrogens with two attached hydrogens (primary N) is 2. The Hall–Kier alpha value is -2.65. The van der Waals surface area contributed by atoms with E-state index in [9.17, 15) is 14.7 Å². The molecular formula is C20H25FN4O4.